The summed E-state index contributed by atoms with van der Waals surface area (Å²) in [6.45, 7) is 3.06. The molecule has 1 aliphatic carbocycles. The minimum Gasteiger partial charge on any atom is -0.495 e. The van der Waals surface area contributed by atoms with Gasteiger partial charge in [0.1, 0.15) is 5.75 Å². The van der Waals surface area contributed by atoms with Gasteiger partial charge < -0.3 is 15.4 Å². The lowest BCUT2D eigenvalue weighted by atomic mass is 9.87. The molecular weight excluding hydrogens is 248 g/mol. The molecule has 2 atom stereocenters. The second kappa shape index (κ2) is 6.49. The highest BCUT2D eigenvalue weighted by Gasteiger charge is 2.36. The summed E-state index contributed by atoms with van der Waals surface area (Å²) >= 11 is 0. The highest BCUT2D eigenvalue weighted by atomic mass is 16.5. The van der Waals surface area contributed by atoms with Crippen LogP contribution in [0.25, 0.3) is 0 Å². The van der Waals surface area contributed by atoms with Crippen LogP contribution in [-0.4, -0.2) is 26.2 Å². The minimum atomic E-state index is 0.0688. The van der Waals surface area contributed by atoms with Crippen molar-refractivity contribution in [2.45, 2.75) is 44.6 Å². The Balaban J connectivity index is 2.30. The van der Waals surface area contributed by atoms with Crippen LogP contribution >= 0.6 is 0 Å². The fourth-order valence-electron chi connectivity index (χ4n) is 3.40. The van der Waals surface area contributed by atoms with E-state index in [9.17, 15) is 0 Å². The monoisotopic (exact) mass is 276 g/mol. The topological polar surface area (TPSA) is 38.5 Å². The van der Waals surface area contributed by atoms with E-state index in [-0.39, 0.29) is 5.54 Å². The summed E-state index contributed by atoms with van der Waals surface area (Å²) in [4.78, 5) is 2.36. The highest BCUT2D eigenvalue weighted by Crippen LogP contribution is 2.39. The number of methoxy groups -OCH3 is 1. The van der Waals surface area contributed by atoms with Gasteiger partial charge >= 0.3 is 0 Å². The molecule has 0 amide bonds. The molecule has 112 valence electrons. The number of ether oxygens (including phenoxy) is 1. The lowest BCUT2D eigenvalue weighted by Crippen LogP contribution is -2.52. The summed E-state index contributed by atoms with van der Waals surface area (Å²) in [6.07, 6.45) is 6.18. The predicted molar refractivity (Wildman–Crippen MR) is 85.4 cm³/mol. The normalized spacial score (nSPS) is 26.9. The maximum atomic E-state index is 6.20. The van der Waals surface area contributed by atoms with Crippen molar-refractivity contribution in [3.63, 3.8) is 0 Å². The number of hydrogen-bond acceptors (Lipinski definition) is 3. The predicted octanol–water partition coefficient (Wildman–Crippen LogP) is 3.43. The van der Waals surface area contributed by atoms with E-state index in [1.165, 1.54) is 32.1 Å². The molecule has 1 aromatic rings. The molecule has 1 aromatic carbocycles. The molecule has 2 rings (SSSR count). The third-order valence-corrected chi connectivity index (χ3v) is 4.98. The van der Waals surface area contributed by atoms with Gasteiger partial charge in [0.25, 0.3) is 0 Å². The Morgan fingerprint density at radius 2 is 2.05 bits per heavy atom. The average molecular weight is 276 g/mol. The number of likely N-dealkylation sites (N-methyl/N-ethyl adjacent to an activating group) is 1. The van der Waals surface area contributed by atoms with Crippen LogP contribution in [0.1, 0.15) is 39.0 Å². The standard InChI is InChI=1S/C17H28N2O/c1-14-7-6-11-17(13-18,12-10-14)19(2)15-8-4-5-9-16(15)20-3/h4-5,8-9,14H,6-7,10-13,18H2,1-3H3. The Kier molecular flexibility index (Phi) is 4.92. The Bertz CT molecular complexity index is 435. The van der Waals surface area contributed by atoms with E-state index in [2.05, 4.69) is 31.0 Å². The van der Waals surface area contributed by atoms with E-state index in [4.69, 9.17) is 10.5 Å². The van der Waals surface area contributed by atoms with Crippen molar-refractivity contribution >= 4 is 5.69 Å². The number of hydrogen-bond donors (Lipinski definition) is 1. The van der Waals surface area contributed by atoms with Gasteiger partial charge in [-0.15, -0.1) is 0 Å². The fourth-order valence-corrected chi connectivity index (χ4v) is 3.40. The van der Waals surface area contributed by atoms with Crippen molar-refractivity contribution in [2.75, 3.05) is 25.6 Å². The van der Waals surface area contributed by atoms with Crippen molar-refractivity contribution < 1.29 is 4.74 Å². The van der Waals surface area contributed by atoms with Gasteiger partial charge in [-0.05, 0) is 37.3 Å². The highest BCUT2D eigenvalue weighted by molar-refractivity contribution is 5.59. The molecular formula is C17H28N2O. The molecule has 1 saturated carbocycles. The van der Waals surface area contributed by atoms with Crippen LogP contribution in [0.4, 0.5) is 5.69 Å². The molecule has 0 saturated heterocycles. The van der Waals surface area contributed by atoms with Crippen molar-refractivity contribution in [1.82, 2.24) is 0 Å². The van der Waals surface area contributed by atoms with Gasteiger partial charge in [-0.25, -0.2) is 0 Å². The largest absolute Gasteiger partial charge is 0.495 e. The van der Waals surface area contributed by atoms with Crippen molar-refractivity contribution in [2.24, 2.45) is 11.7 Å². The van der Waals surface area contributed by atoms with Gasteiger partial charge in [0.2, 0.25) is 0 Å². The Hall–Kier alpha value is -1.22. The maximum absolute atomic E-state index is 6.20. The number of anilines is 1. The number of para-hydroxylation sites is 2. The molecule has 1 aliphatic rings. The molecule has 1 fully saturated rings. The summed E-state index contributed by atoms with van der Waals surface area (Å²) < 4.78 is 5.52. The van der Waals surface area contributed by atoms with Gasteiger partial charge in [0.05, 0.1) is 18.3 Å². The van der Waals surface area contributed by atoms with Crippen molar-refractivity contribution in [3.8, 4) is 5.75 Å². The third-order valence-electron chi connectivity index (χ3n) is 4.98. The number of nitrogens with two attached hydrogens (primary N) is 1. The van der Waals surface area contributed by atoms with E-state index in [1.54, 1.807) is 7.11 Å². The lowest BCUT2D eigenvalue weighted by Gasteiger charge is -2.43. The molecule has 0 radical (unpaired) electrons. The first-order valence-electron chi connectivity index (χ1n) is 7.70. The zero-order valence-electron chi connectivity index (χ0n) is 13.1. The SMILES string of the molecule is COc1ccccc1N(C)C1(CN)CCCC(C)CC1. The van der Waals surface area contributed by atoms with Gasteiger partial charge in [-0.2, -0.15) is 0 Å². The molecule has 3 heteroatoms. The van der Waals surface area contributed by atoms with Gasteiger partial charge in [0.15, 0.2) is 0 Å². The summed E-state index contributed by atoms with van der Waals surface area (Å²) in [5, 5.41) is 0. The van der Waals surface area contributed by atoms with Crippen LogP contribution in [0.5, 0.6) is 5.75 Å². The van der Waals surface area contributed by atoms with Gasteiger partial charge in [-0.1, -0.05) is 31.9 Å². The van der Waals surface area contributed by atoms with Crippen LogP contribution < -0.4 is 15.4 Å². The molecule has 2 unspecified atom stereocenters. The van der Waals surface area contributed by atoms with E-state index < -0.39 is 0 Å². The van der Waals surface area contributed by atoms with Crippen molar-refractivity contribution in [3.05, 3.63) is 24.3 Å². The van der Waals surface area contributed by atoms with Crippen molar-refractivity contribution in [1.29, 1.82) is 0 Å². The van der Waals surface area contributed by atoms with E-state index in [0.29, 0.717) is 6.54 Å². The van der Waals surface area contributed by atoms with E-state index in [1.807, 2.05) is 12.1 Å². The summed E-state index contributed by atoms with van der Waals surface area (Å²) in [7, 11) is 3.90. The second-order valence-corrected chi connectivity index (χ2v) is 6.20. The maximum Gasteiger partial charge on any atom is 0.142 e. The van der Waals surface area contributed by atoms with Crippen LogP contribution in [0.15, 0.2) is 24.3 Å². The molecule has 0 heterocycles. The number of benzene rings is 1. The Morgan fingerprint density at radius 3 is 2.75 bits per heavy atom. The third kappa shape index (κ3) is 2.93. The summed E-state index contributed by atoms with van der Waals surface area (Å²) in [5.74, 6) is 1.75. The first-order valence-corrected chi connectivity index (χ1v) is 7.70. The molecule has 3 nitrogen and oxygen atoms in total. The molecule has 0 bridgehead atoms. The molecule has 0 spiro atoms. The van der Waals surface area contributed by atoms with Gasteiger partial charge in [-0.3, -0.25) is 0 Å². The van der Waals surface area contributed by atoms with Crippen LogP contribution in [-0.2, 0) is 0 Å². The summed E-state index contributed by atoms with van der Waals surface area (Å²) in [5.41, 5.74) is 7.42. The Labute approximate surface area is 123 Å². The van der Waals surface area contributed by atoms with E-state index >= 15 is 0 Å². The first kappa shape index (κ1) is 15.2. The quantitative estimate of drug-likeness (QED) is 0.856. The van der Waals surface area contributed by atoms with Crippen LogP contribution in [0.3, 0.4) is 0 Å². The fraction of sp³-hybridized carbons (Fsp3) is 0.647. The first-order chi connectivity index (χ1) is 9.63. The number of rotatable bonds is 4. The molecule has 2 N–H and O–H groups in total. The van der Waals surface area contributed by atoms with Crippen LogP contribution in [0, 0.1) is 5.92 Å². The smallest absolute Gasteiger partial charge is 0.142 e. The minimum absolute atomic E-state index is 0.0688. The zero-order valence-corrected chi connectivity index (χ0v) is 13.1. The number of nitrogens with zero attached hydrogens (tertiary/aromatic N) is 1. The molecule has 0 aliphatic heterocycles. The van der Waals surface area contributed by atoms with Gasteiger partial charge in [0, 0.05) is 13.6 Å². The van der Waals surface area contributed by atoms with E-state index in [0.717, 1.165) is 17.4 Å². The van der Waals surface area contributed by atoms with Crippen LogP contribution in [0.2, 0.25) is 0 Å². The molecule has 20 heavy (non-hydrogen) atoms. The second-order valence-electron chi connectivity index (χ2n) is 6.20. The Morgan fingerprint density at radius 1 is 1.30 bits per heavy atom. The average Bonchev–Trinajstić information content (AvgIpc) is 2.69. The summed E-state index contributed by atoms with van der Waals surface area (Å²) in [6, 6.07) is 8.23. The zero-order chi connectivity index (χ0) is 14.6. The molecule has 0 aromatic heterocycles. The lowest BCUT2D eigenvalue weighted by molar-refractivity contribution is 0.350.